The van der Waals surface area contributed by atoms with Crippen molar-refractivity contribution >= 4 is 5.91 Å². The molecule has 1 saturated carbocycles. The summed E-state index contributed by atoms with van der Waals surface area (Å²) < 4.78 is 0. The number of carbonyl (C=O) groups is 1. The summed E-state index contributed by atoms with van der Waals surface area (Å²) in [5, 5.41) is 2.88. The number of hydrogen-bond acceptors (Lipinski definition) is 2. The second-order valence-corrected chi connectivity index (χ2v) is 3.42. The Labute approximate surface area is 67.3 Å². The molecular formula is C8H16N2O. The van der Waals surface area contributed by atoms with E-state index in [0.717, 1.165) is 0 Å². The van der Waals surface area contributed by atoms with Gasteiger partial charge in [-0.3, -0.25) is 4.79 Å². The molecule has 2 atom stereocenters. The first-order chi connectivity index (χ1) is 5.11. The van der Waals surface area contributed by atoms with E-state index >= 15 is 0 Å². The van der Waals surface area contributed by atoms with Crippen molar-refractivity contribution in [1.29, 1.82) is 0 Å². The molecule has 0 aromatic heterocycles. The van der Waals surface area contributed by atoms with Crippen LogP contribution >= 0.6 is 0 Å². The summed E-state index contributed by atoms with van der Waals surface area (Å²) in [6.45, 7) is 3.74. The van der Waals surface area contributed by atoms with Crippen LogP contribution in [0.3, 0.4) is 0 Å². The molecule has 0 saturated heterocycles. The van der Waals surface area contributed by atoms with Gasteiger partial charge >= 0.3 is 0 Å². The number of nitrogens with two attached hydrogens (primary N) is 1. The van der Waals surface area contributed by atoms with Crippen molar-refractivity contribution in [3.63, 3.8) is 0 Å². The number of hydrogen-bond donors (Lipinski definition) is 2. The minimum atomic E-state index is -0.379. The average Bonchev–Trinajstić information content (AvgIpc) is 2.67. The molecule has 3 nitrogen and oxygen atoms in total. The monoisotopic (exact) mass is 156 g/mol. The molecule has 0 aromatic carbocycles. The molecule has 0 aliphatic heterocycles. The van der Waals surface area contributed by atoms with Crippen LogP contribution in [0.5, 0.6) is 0 Å². The molecule has 64 valence electrons. The molecule has 1 rings (SSSR count). The van der Waals surface area contributed by atoms with Gasteiger partial charge in [0.2, 0.25) is 5.91 Å². The van der Waals surface area contributed by atoms with E-state index in [1.807, 2.05) is 6.92 Å². The third kappa shape index (κ3) is 2.50. The first kappa shape index (κ1) is 8.53. The maximum atomic E-state index is 11.0. The van der Waals surface area contributed by atoms with E-state index in [-0.39, 0.29) is 11.9 Å². The molecule has 3 N–H and O–H groups in total. The first-order valence-electron chi connectivity index (χ1n) is 4.17. The molecular weight excluding hydrogens is 140 g/mol. The molecule has 0 radical (unpaired) electrons. The van der Waals surface area contributed by atoms with Gasteiger partial charge in [0.1, 0.15) is 0 Å². The predicted molar refractivity (Wildman–Crippen MR) is 44.0 cm³/mol. The van der Waals surface area contributed by atoms with Gasteiger partial charge in [-0.1, -0.05) is 0 Å². The van der Waals surface area contributed by atoms with E-state index in [1.54, 1.807) is 6.92 Å². The van der Waals surface area contributed by atoms with E-state index < -0.39 is 0 Å². The van der Waals surface area contributed by atoms with Crippen LogP contribution in [-0.4, -0.2) is 18.0 Å². The summed E-state index contributed by atoms with van der Waals surface area (Å²) in [6, 6.07) is -0.0651. The van der Waals surface area contributed by atoms with Gasteiger partial charge in [-0.15, -0.1) is 0 Å². The topological polar surface area (TPSA) is 55.1 Å². The highest BCUT2D eigenvalue weighted by molar-refractivity contribution is 5.81. The first-order valence-corrected chi connectivity index (χ1v) is 4.17. The molecule has 1 aliphatic carbocycles. The molecule has 0 spiro atoms. The van der Waals surface area contributed by atoms with Gasteiger partial charge in [0, 0.05) is 6.04 Å². The zero-order valence-corrected chi connectivity index (χ0v) is 7.13. The Morgan fingerprint density at radius 1 is 1.55 bits per heavy atom. The number of carbonyl (C=O) groups excluding carboxylic acids is 1. The summed E-state index contributed by atoms with van der Waals surface area (Å²) in [4.78, 5) is 11.0. The van der Waals surface area contributed by atoms with Crippen molar-refractivity contribution < 1.29 is 4.79 Å². The van der Waals surface area contributed by atoms with E-state index in [1.165, 1.54) is 12.8 Å². The summed E-state index contributed by atoms with van der Waals surface area (Å²) >= 11 is 0. The number of rotatable bonds is 3. The smallest absolute Gasteiger partial charge is 0.236 e. The third-order valence-electron chi connectivity index (χ3n) is 2.11. The molecule has 3 heteroatoms. The van der Waals surface area contributed by atoms with Crippen LogP contribution in [0.25, 0.3) is 0 Å². The maximum absolute atomic E-state index is 11.0. The fourth-order valence-corrected chi connectivity index (χ4v) is 1.07. The van der Waals surface area contributed by atoms with E-state index in [0.29, 0.717) is 12.0 Å². The van der Waals surface area contributed by atoms with Crippen LogP contribution in [0.1, 0.15) is 26.7 Å². The second kappa shape index (κ2) is 3.22. The Bertz CT molecular complexity index is 152. The Hall–Kier alpha value is -0.570. The van der Waals surface area contributed by atoms with Crippen molar-refractivity contribution in [2.24, 2.45) is 11.7 Å². The van der Waals surface area contributed by atoms with Crippen molar-refractivity contribution in [3.8, 4) is 0 Å². The largest absolute Gasteiger partial charge is 0.352 e. The van der Waals surface area contributed by atoms with E-state index in [9.17, 15) is 4.79 Å². The van der Waals surface area contributed by atoms with Crippen LogP contribution in [0, 0.1) is 5.92 Å². The van der Waals surface area contributed by atoms with Crippen LogP contribution in [0.2, 0.25) is 0 Å². The van der Waals surface area contributed by atoms with Gasteiger partial charge in [0.05, 0.1) is 6.04 Å². The summed E-state index contributed by atoms with van der Waals surface area (Å²) in [7, 11) is 0. The van der Waals surface area contributed by atoms with Crippen molar-refractivity contribution in [2.45, 2.75) is 38.8 Å². The van der Waals surface area contributed by atoms with Gasteiger partial charge in [-0.05, 0) is 32.6 Å². The molecule has 1 fully saturated rings. The van der Waals surface area contributed by atoms with E-state index in [2.05, 4.69) is 5.32 Å². The normalized spacial score (nSPS) is 22.5. The Morgan fingerprint density at radius 3 is 2.45 bits per heavy atom. The summed E-state index contributed by atoms with van der Waals surface area (Å²) in [5.41, 5.74) is 5.39. The zero-order valence-electron chi connectivity index (χ0n) is 7.13. The fourth-order valence-electron chi connectivity index (χ4n) is 1.07. The van der Waals surface area contributed by atoms with Gasteiger partial charge < -0.3 is 11.1 Å². The van der Waals surface area contributed by atoms with Crippen LogP contribution in [-0.2, 0) is 4.79 Å². The predicted octanol–water partition coefficient (Wildman–Crippen LogP) is 0.248. The zero-order chi connectivity index (χ0) is 8.43. The molecule has 0 aromatic rings. The highest BCUT2D eigenvalue weighted by atomic mass is 16.2. The highest BCUT2D eigenvalue weighted by Crippen LogP contribution is 2.32. The molecule has 11 heavy (non-hydrogen) atoms. The van der Waals surface area contributed by atoms with Crippen molar-refractivity contribution in [2.75, 3.05) is 0 Å². The number of amides is 1. The fraction of sp³-hybridized carbons (Fsp3) is 0.875. The lowest BCUT2D eigenvalue weighted by Gasteiger charge is -2.14. The van der Waals surface area contributed by atoms with Gasteiger partial charge in [-0.25, -0.2) is 0 Å². The van der Waals surface area contributed by atoms with Crippen LogP contribution < -0.4 is 11.1 Å². The van der Waals surface area contributed by atoms with Crippen molar-refractivity contribution in [1.82, 2.24) is 5.32 Å². The van der Waals surface area contributed by atoms with Gasteiger partial charge in [0.25, 0.3) is 0 Å². The molecule has 0 bridgehead atoms. The maximum Gasteiger partial charge on any atom is 0.236 e. The summed E-state index contributed by atoms with van der Waals surface area (Å²) in [6.07, 6.45) is 2.50. The van der Waals surface area contributed by atoms with Crippen LogP contribution in [0.4, 0.5) is 0 Å². The Kier molecular flexibility index (Phi) is 2.49. The molecule has 1 aliphatic rings. The average molecular weight is 156 g/mol. The highest BCUT2D eigenvalue weighted by Gasteiger charge is 2.29. The third-order valence-corrected chi connectivity index (χ3v) is 2.11. The quantitative estimate of drug-likeness (QED) is 0.615. The van der Waals surface area contributed by atoms with Gasteiger partial charge in [-0.2, -0.15) is 0 Å². The van der Waals surface area contributed by atoms with Crippen LogP contribution in [0.15, 0.2) is 0 Å². The lowest BCUT2D eigenvalue weighted by Crippen LogP contribution is -2.43. The molecule has 1 amide bonds. The standard InChI is InChI=1S/C8H16N2O/c1-5(9)8(11)10-6(2)7-3-4-7/h5-7H,3-4,9H2,1-2H3,(H,10,11)/t5-,6?/m1/s1. The SMILES string of the molecule is CC(NC(=O)[C@@H](C)N)C1CC1. The molecule has 0 heterocycles. The minimum absolute atomic E-state index is 0.0376. The Balaban J connectivity index is 2.23. The molecule has 1 unspecified atom stereocenters. The minimum Gasteiger partial charge on any atom is -0.352 e. The summed E-state index contributed by atoms with van der Waals surface area (Å²) in [5.74, 6) is 0.669. The lowest BCUT2D eigenvalue weighted by atomic mass is 10.2. The van der Waals surface area contributed by atoms with Crippen molar-refractivity contribution in [3.05, 3.63) is 0 Å². The number of nitrogens with one attached hydrogen (secondary N) is 1. The Morgan fingerprint density at radius 2 is 2.09 bits per heavy atom. The van der Waals surface area contributed by atoms with Gasteiger partial charge in [0.15, 0.2) is 0 Å². The second-order valence-electron chi connectivity index (χ2n) is 3.42. The van der Waals surface area contributed by atoms with E-state index in [4.69, 9.17) is 5.73 Å². The lowest BCUT2D eigenvalue weighted by molar-refractivity contribution is -0.122.